The van der Waals surface area contributed by atoms with E-state index in [9.17, 15) is 18.0 Å². The average molecular weight is 595 g/mol. The molecule has 1 aliphatic heterocycles. The molecule has 0 bridgehead atoms. The largest absolute Gasteiger partial charge is 0.416 e. The van der Waals surface area contributed by atoms with Crippen molar-refractivity contribution >= 4 is 28.9 Å². The van der Waals surface area contributed by atoms with Gasteiger partial charge in [0, 0.05) is 55.8 Å². The van der Waals surface area contributed by atoms with E-state index in [4.69, 9.17) is 4.74 Å². The van der Waals surface area contributed by atoms with E-state index in [2.05, 4.69) is 36.3 Å². The van der Waals surface area contributed by atoms with Crippen LogP contribution >= 0.6 is 0 Å². The van der Waals surface area contributed by atoms with Crippen LogP contribution in [0.4, 0.5) is 36.2 Å². The lowest BCUT2D eigenvalue weighted by Crippen LogP contribution is -2.26. The molecule has 0 spiro atoms. The van der Waals surface area contributed by atoms with Crippen LogP contribution in [0.1, 0.15) is 45.6 Å². The predicted octanol–water partition coefficient (Wildman–Crippen LogP) is 5.60. The van der Waals surface area contributed by atoms with Gasteiger partial charge in [-0.05, 0) is 68.1 Å². The van der Waals surface area contributed by atoms with Crippen molar-refractivity contribution in [2.24, 2.45) is 0 Å². The molecule has 0 saturated carbocycles. The molecule has 0 aliphatic carbocycles. The van der Waals surface area contributed by atoms with E-state index < -0.39 is 17.6 Å². The van der Waals surface area contributed by atoms with Crippen LogP contribution in [0, 0.1) is 13.8 Å². The van der Waals surface area contributed by atoms with Gasteiger partial charge in [0.15, 0.2) is 5.82 Å². The Balaban J connectivity index is 1.35. The molecular weight excluding hydrogens is 561 g/mol. The van der Waals surface area contributed by atoms with Gasteiger partial charge in [-0.25, -0.2) is 9.97 Å². The summed E-state index contributed by atoms with van der Waals surface area (Å²) in [5.41, 5.74) is 2.10. The van der Waals surface area contributed by atoms with Crippen LogP contribution < -0.4 is 21.3 Å². The minimum absolute atomic E-state index is 0.0484. The highest BCUT2D eigenvalue weighted by Crippen LogP contribution is 2.32. The van der Waals surface area contributed by atoms with Crippen molar-refractivity contribution in [3.05, 3.63) is 82.8 Å². The van der Waals surface area contributed by atoms with Crippen LogP contribution in [-0.2, 0) is 17.5 Å². The van der Waals surface area contributed by atoms with Crippen LogP contribution in [0.25, 0.3) is 5.82 Å². The predicted molar refractivity (Wildman–Crippen MR) is 158 cm³/mol. The second-order valence-electron chi connectivity index (χ2n) is 10.4. The summed E-state index contributed by atoms with van der Waals surface area (Å²) in [5, 5.41) is 16.7. The lowest BCUT2D eigenvalue weighted by atomic mass is 10.0. The third-order valence-electron chi connectivity index (χ3n) is 7.02. The lowest BCUT2D eigenvalue weighted by Gasteiger charge is -2.15. The normalized spacial score (nSPS) is 15.0. The summed E-state index contributed by atoms with van der Waals surface area (Å²) in [6.45, 7) is 5.15. The van der Waals surface area contributed by atoms with Crippen LogP contribution in [-0.4, -0.2) is 52.0 Å². The molecule has 1 amide bonds. The molecule has 5 rings (SSSR count). The number of carbonyl (C=O) groups excluding carboxylic acids is 1. The molecule has 0 unspecified atom stereocenters. The first-order chi connectivity index (χ1) is 20.6. The number of hydrogen-bond acceptors (Lipinski definition) is 8. The summed E-state index contributed by atoms with van der Waals surface area (Å²) in [4.78, 5) is 21.7. The molecule has 4 N–H and O–H groups in total. The van der Waals surface area contributed by atoms with E-state index >= 15 is 0 Å². The molecule has 1 aliphatic rings. The number of aryl methyl sites for hydroxylation is 2. The zero-order valence-corrected chi connectivity index (χ0v) is 24.0. The second-order valence-corrected chi connectivity index (χ2v) is 10.4. The Labute approximate surface area is 247 Å². The number of anilines is 4. The lowest BCUT2D eigenvalue weighted by molar-refractivity contribution is -0.137. The molecule has 3 heterocycles. The van der Waals surface area contributed by atoms with Crippen molar-refractivity contribution in [1.29, 1.82) is 0 Å². The highest BCUT2D eigenvalue weighted by atomic mass is 19.4. The molecule has 1 saturated heterocycles. The standard InChI is InChI=1S/C30H33F3N8O2/c1-18-6-7-23(13-25(18)39-28-9-19(2)40-41(28)27-14-26(34-3)36-17-37-27)38-29(42)21-10-20(11-22(12-21)30(31,32)33)15-35-16-24-5-4-8-43-24/h6-7,9-14,17,24,35,39H,4-5,8,15-16H2,1-3H3,(H,38,42)(H,34,36,37)/t24-/m1/s1. The van der Waals surface area contributed by atoms with Gasteiger partial charge in [-0.15, -0.1) is 0 Å². The summed E-state index contributed by atoms with van der Waals surface area (Å²) < 4.78 is 48.3. The fourth-order valence-corrected chi connectivity index (χ4v) is 4.81. The van der Waals surface area contributed by atoms with Crippen molar-refractivity contribution in [3.8, 4) is 5.82 Å². The van der Waals surface area contributed by atoms with E-state index in [1.54, 1.807) is 29.9 Å². The van der Waals surface area contributed by atoms with Gasteiger partial charge in [-0.1, -0.05) is 6.07 Å². The van der Waals surface area contributed by atoms with Gasteiger partial charge in [0.25, 0.3) is 5.91 Å². The Morgan fingerprint density at radius 3 is 2.67 bits per heavy atom. The number of hydrogen-bond donors (Lipinski definition) is 4. The number of ether oxygens (including phenoxy) is 1. The zero-order chi connectivity index (χ0) is 30.6. The highest BCUT2D eigenvalue weighted by Gasteiger charge is 2.32. The molecule has 1 fully saturated rings. The maximum absolute atomic E-state index is 13.7. The van der Waals surface area contributed by atoms with E-state index in [0.717, 1.165) is 36.2 Å². The SMILES string of the molecule is CNc1cc(-n2nc(C)cc2Nc2cc(NC(=O)c3cc(CNC[C@H]4CCCO4)cc(C(F)(F)F)c3)ccc2C)ncn1. The maximum atomic E-state index is 13.7. The van der Waals surface area contributed by atoms with Gasteiger partial charge in [0.1, 0.15) is 18.0 Å². The summed E-state index contributed by atoms with van der Waals surface area (Å²) in [6, 6.07) is 12.2. The third kappa shape index (κ3) is 7.48. The quantitative estimate of drug-likeness (QED) is 0.187. The van der Waals surface area contributed by atoms with Gasteiger partial charge in [-0.3, -0.25) is 4.79 Å². The number of alkyl halides is 3. The fraction of sp³-hybridized carbons (Fsp3) is 0.333. The molecule has 43 heavy (non-hydrogen) atoms. The van der Waals surface area contributed by atoms with E-state index in [0.29, 0.717) is 47.5 Å². The topological polar surface area (TPSA) is 118 Å². The van der Waals surface area contributed by atoms with Gasteiger partial charge in [-0.2, -0.15) is 23.0 Å². The molecule has 10 nitrogen and oxygen atoms in total. The van der Waals surface area contributed by atoms with Gasteiger partial charge < -0.3 is 26.0 Å². The van der Waals surface area contributed by atoms with E-state index in [-0.39, 0.29) is 18.2 Å². The van der Waals surface area contributed by atoms with Gasteiger partial charge >= 0.3 is 6.18 Å². The van der Waals surface area contributed by atoms with Crippen molar-refractivity contribution in [1.82, 2.24) is 25.1 Å². The number of amides is 1. The molecule has 2 aromatic carbocycles. The number of nitrogens with one attached hydrogen (secondary N) is 4. The molecule has 4 aromatic rings. The first kappa shape index (κ1) is 30.0. The minimum atomic E-state index is -4.60. The first-order valence-electron chi connectivity index (χ1n) is 13.9. The molecule has 0 radical (unpaired) electrons. The fourth-order valence-electron chi connectivity index (χ4n) is 4.81. The van der Waals surface area contributed by atoms with Crippen LogP contribution in [0.2, 0.25) is 0 Å². The maximum Gasteiger partial charge on any atom is 0.416 e. The van der Waals surface area contributed by atoms with Gasteiger partial charge in [0.05, 0.1) is 17.4 Å². The summed E-state index contributed by atoms with van der Waals surface area (Å²) >= 11 is 0. The Bertz CT molecular complexity index is 1600. The number of carbonyl (C=O) groups is 1. The van der Waals surface area contributed by atoms with Crippen molar-refractivity contribution in [2.75, 3.05) is 36.1 Å². The van der Waals surface area contributed by atoms with Crippen LogP contribution in [0.5, 0.6) is 0 Å². The minimum Gasteiger partial charge on any atom is -0.377 e. The number of aromatic nitrogens is 4. The van der Waals surface area contributed by atoms with Crippen LogP contribution in [0.15, 0.2) is 54.9 Å². The van der Waals surface area contributed by atoms with Crippen LogP contribution in [0.3, 0.4) is 0 Å². The first-order valence-corrected chi connectivity index (χ1v) is 13.9. The summed E-state index contributed by atoms with van der Waals surface area (Å²) in [5.74, 6) is 1.15. The molecule has 1 atom stereocenters. The average Bonchev–Trinajstić information content (AvgIpc) is 3.63. The van der Waals surface area contributed by atoms with E-state index in [1.807, 2.05) is 26.0 Å². The monoisotopic (exact) mass is 594 g/mol. The molecule has 13 heteroatoms. The zero-order valence-electron chi connectivity index (χ0n) is 24.0. The molecular formula is C30H33F3N8O2. The van der Waals surface area contributed by atoms with Crippen molar-refractivity contribution in [2.45, 2.75) is 45.5 Å². The number of nitrogens with zero attached hydrogens (tertiary/aromatic N) is 4. The van der Waals surface area contributed by atoms with Crippen molar-refractivity contribution < 1.29 is 22.7 Å². The highest BCUT2D eigenvalue weighted by molar-refractivity contribution is 6.04. The smallest absolute Gasteiger partial charge is 0.377 e. The second kappa shape index (κ2) is 12.8. The Morgan fingerprint density at radius 1 is 1.09 bits per heavy atom. The van der Waals surface area contributed by atoms with E-state index in [1.165, 1.54) is 12.4 Å². The Kier molecular flexibility index (Phi) is 8.92. The summed E-state index contributed by atoms with van der Waals surface area (Å²) in [7, 11) is 1.76. The number of benzene rings is 2. The number of halogens is 3. The Hall–Kier alpha value is -4.49. The third-order valence-corrected chi connectivity index (χ3v) is 7.02. The van der Waals surface area contributed by atoms with Crippen molar-refractivity contribution in [3.63, 3.8) is 0 Å². The molecule has 2 aromatic heterocycles. The molecule has 226 valence electrons. The number of rotatable bonds is 10. The van der Waals surface area contributed by atoms with Gasteiger partial charge in [0.2, 0.25) is 0 Å². The Morgan fingerprint density at radius 2 is 1.93 bits per heavy atom. The summed E-state index contributed by atoms with van der Waals surface area (Å²) in [6.07, 6.45) is -1.23.